The molecule has 3 aliphatic rings. The van der Waals surface area contributed by atoms with Crippen molar-refractivity contribution in [3.8, 4) is 0 Å². The summed E-state index contributed by atoms with van der Waals surface area (Å²) in [5.74, 6) is 1.67. The quantitative estimate of drug-likeness (QED) is 0.684. The Labute approximate surface area is 176 Å². The average Bonchev–Trinajstić information content (AvgIpc) is 3.03. The molecule has 0 amide bonds. The molecule has 4 rings (SSSR count). The first-order valence-electron chi connectivity index (χ1n) is 11.4. The summed E-state index contributed by atoms with van der Waals surface area (Å²) in [7, 11) is 0. The standard InChI is InChI=1S/C26H37NO2/c1-18-7-10-23-22(17-28)24(12-14-25(18,23)2)26(3)13-11-21(29)16-19(26)8-9-20-6-4-5-15-27-20/h4-6,8-9,15,19,21-24,28-29H,1,7,10-14,16-17H2,2-3H3/t19-,21-,22-,23?,24?,25+,26-/m0/s1. The van der Waals surface area contributed by atoms with Gasteiger partial charge in [-0.25, -0.2) is 0 Å². The van der Waals surface area contributed by atoms with Crippen LogP contribution in [0.1, 0.15) is 64.5 Å². The largest absolute Gasteiger partial charge is 0.396 e. The van der Waals surface area contributed by atoms with Crippen LogP contribution >= 0.6 is 0 Å². The molecule has 0 saturated heterocycles. The fourth-order valence-electron chi connectivity index (χ4n) is 7.06. The number of aliphatic hydroxyl groups is 2. The Morgan fingerprint density at radius 1 is 1.17 bits per heavy atom. The van der Waals surface area contributed by atoms with Crippen LogP contribution in [-0.2, 0) is 0 Å². The lowest BCUT2D eigenvalue weighted by Crippen LogP contribution is -2.50. The minimum atomic E-state index is -0.228. The molecule has 1 aromatic heterocycles. The number of hydrogen-bond donors (Lipinski definition) is 2. The number of nitrogens with zero attached hydrogens (tertiary/aromatic N) is 1. The second kappa shape index (κ2) is 8.00. The maximum Gasteiger partial charge on any atom is 0.0626 e. The highest BCUT2D eigenvalue weighted by molar-refractivity contribution is 5.44. The van der Waals surface area contributed by atoms with Crippen molar-refractivity contribution in [1.29, 1.82) is 0 Å². The van der Waals surface area contributed by atoms with Gasteiger partial charge in [-0.05, 0) is 97.7 Å². The van der Waals surface area contributed by atoms with Crippen LogP contribution in [0.15, 0.2) is 42.6 Å². The van der Waals surface area contributed by atoms with Crippen LogP contribution in [0.5, 0.6) is 0 Å². The lowest BCUT2D eigenvalue weighted by atomic mass is 9.49. The zero-order chi connectivity index (χ0) is 20.6. The molecule has 3 fully saturated rings. The highest BCUT2D eigenvalue weighted by Gasteiger charge is 2.56. The van der Waals surface area contributed by atoms with E-state index in [0.717, 1.165) is 37.8 Å². The second-order valence-corrected chi connectivity index (χ2v) is 10.3. The minimum absolute atomic E-state index is 0.100. The van der Waals surface area contributed by atoms with Gasteiger partial charge in [-0.2, -0.15) is 0 Å². The van der Waals surface area contributed by atoms with E-state index < -0.39 is 0 Å². The van der Waals surface area contributed by atoms with Crippen molar-refractivity contribution in [3.05, 3.63) is 48.3 Å². The molecule has 3 aliphatic carbocycles. The van der Waals surface area contributed by atoms with Gasteiger partial charge in [0.25, 0.3) is 0 Å². The SMILES string of the molecule is C=C1CCC2[C@H](CO)C([C@@]3(C)CC[C@H](O)C[C@@H]3C=Cc3ccccn3)CC[C@]12C. The summed E-state index contributed by atoms with van der Waals surface area (Å²) in [6, 6.07) is 5.98. The maximum absolute atomic E-state index is 10.5. The topological polar surface area (TPSA) is 53.4 Å². The van der Waals surface area contributed by atoms with Gasteiger partial charge in [0.15, 0.2) is 0 Å². The highest BCUT2D eigenvalue weighted by atomic mass is 16.3. The third-order valence-electron chi connectivity index (χ3n) is 9.03. The van der Waals surface area contributed by atoms with Crippen LogP contribution in [0.25, 0.3) is 6.08 Å². The molecular formula is C26H37NO2. The first kappa shape index (κ1) is 20.8. The molecule has 0 aromatic carbocycles. The number of hydrogen-bond acceptors (Lipinski definition) is 3. The molecule has 1 aromatic rings. The van der Waals surface area contributed by atoms with E-state index in [1.807, 2.05) is 24.4 Å². The molecule has 3 saturated carbocycles. The van der Waals surface area contributed by atoms with Crippen LogP contribution in [0.3, 0.4) is 0 Å². The lowest BCUT2D eigenvalue weighted by molar-refractivity contribution is -0.0823. The first-order valence-corrected chi connectivity index (χ1v) is 11.4. The van der Waals surface area contributed by atoms with E-state index in [2.05, 4.69) is 37.6 Å². The van der Waals surface area contributed by atoms with Gasteiger partial charge in [0.1, 0.15) is 0 Å². The monoisotopic (exact) mass is 395 g/mol. The molecule has 0 radical (unpaired) electrons. The molecule has 1 heterocycles. The molecule has 7 atom stereocenters. The van der Waals surface area contributed by atoms with Gasteiger partial charge in [-0.15, -0.1) is 0 Å². The van der Waals surface area contributed by atoms with E-state index in [4.69, 9.17) is 0 Å². The highest BCUT2D eigenvalue weighted by Crippen LogP contribution is 2.63. The number of aromatic nitrogens is 1. The molecule has 0 spiro atoms. The Morgan fingerprint density at radius 2 is 2.00 bits per heavy atom. The van der Waals surface area contributed by atoms with Crippen molar-refractivity contribution >= 4 is 6.08 Å². The maximum atomic E-state index is 10.5. The lowest BCUT2D eigenvalue weighted by Gasteiger charge is -2.56. The van der Waals surface area contributed by atoms with Crippen LogP contribution in [0.2, 0.25) is 0 Å². The molecule has 29 heavy (non-hydrogen) atoms. The third-order valence-corrected chi connectivity index (χ3v) is 9.03. The Morgan fingerprint density at radius 3 is 2.72 bits per heavy atom. The summed E-state index contributed by atoms with van der Waals surface area (Å²) in [5, 5.41) is 20.9. The molecule has 2 unspecified atom stereocenters. The Hall–Kier alpha value is -1.45. The Kier molecular flexibility index (Phi) is 5.74. The molecular weight excluding hydrogens is 358 g/mol. The van der Waals surface area contributed by atoms with Crippen LogP contribution in [0.4, 0.5) is 0 Å². The van der Waals surface area contributed by atoms with Crippen molar-refractivity contribution in [2.45, 2.75) is 64.9 Å². The molecule has 0 bridgehead atoms. The fourth-order valence-corrected chi connectivity index (χ4v) is 7.06. The van der Waals surface area contributed by atoms with Gasteiger partial charge >= 0.3 is 0 Å². The summed E-state index contributed by atoms with van der Waals surface area (Å²) in [5.41, 5.74) is 2.67. The number of rotatable bonds is 4. The smallest absolute Gasteiger partial charge is 0.0626 e. The van der Waals surface area contributed by atoms with Crippen molar-refractivity contribution in [1.82, 2.24) is 4.98 Å². The zero-order valence-electron chi connectivity index (χ0n) is 18.1. The normalized spacial score (nSPS) is 42.9. The average molecular weight is 396 g/mol. The van der Waals surface area contributed by atoms with Gasteiger partial charge in [0.2, 0.25) is 0 Å². The summed E-state index contributed by atoms with van der Waals surface area (Å²) < 4.78 is 0. The van der Waals surface area contributed by atoms with Crippen molar-refractivity contribution in [2.75, 3.05) is 6.61 Å². The van der Waals surface area contributed by atoms with Crippen molar-refractivity contribution in [3.63, 3.8) is 0 Å². The van der Waals surface area contributed by atoms with E-state index >= 15 is 0 Å². The zero-order valence-corrected chi connectivity index (χ0v) is 18.1. The Bertz CT molecular complexity index is 759. The predicted octanol–water partition coefficient (Wildman–Crippen LogP) is 5.25. The molecule has 2 N–H and O–H groups in total. The summed E-state index contributed by atoms with van der Waals surface area (Å²) in [6.07, 6.45) is 13.3. The van der Waals surface area contributed by atoms with Gasteiger partial charge in [-0.1, -0.05) is 38.1 Å². The van der Waals surface area contributed by atoms with E-state index in [0.29, 0.717) is 23.7 Å². The molecule has 3 heteroatoms. The minimum Gasteiger partial charge on any atom is -0.396 e. The molecule has 158 valence electrons. The second-order valence-electron chi connectivity index (χ2n) is 10.3. The molecule has 0 aliphatic heterocycles. The van der Waals surface area contributed by atoms with Crippen LogP contribution in [-0.4, -0.2) is 27.9 Å². The number of aliphatic hydroxyl groups excluding tert-OH is 2. The summed E-state index contributed by atoms with van der Waals surface area (Å²) in [4.78, 5) is 4.44. The van der Waals surface area contributed by atoms with Crippen molar-refractivity contribution < 1.29 is 10.2 Å². The number of pyridine rings is 1. The fraction of sp³-hybridized carbons (Fsp3) is 0.654. The summed E-state index contributed by atoms with van der Waals surface area (Å²) >= 11 is 0. The van der Waals surface area contributed by atoms with Crippen LogP contribution < -0.4 is 0 Å². The van der Waals surface area contributed by atoms with Gasteiger partial charge in [0, 0.05) is 12.8 Å². The van der Waals surface area contributed by atoms with E-state index in [-0.39, 0.29) is 23.5 Å². The van der Waals surface area contributed by atoms with Gasteiger partial charge < -0.3 is 10.2 Å². The Balaban J connectivity index is 1.63. The van der Waals surface area contributed by atoms with Gasteiger partial charge in [-0.3, -0.25) is 4.98 Å². The number of fused-ring (bicyclic) bond motifs is 1. The number of allylic oxidation sites excluding steroid dienone is 2. The first-order chi connectivity index (χ1) is 13.9. The summed E-state index contributed by atoms with van der Waals surface area (Å²) in [6.45, 7) is 9.47. The molecule has 3 nitrogen and oxygen atoms in total. The predicted molar refractivity (Wildman–Crippen MR) is 118 cm³/mol. The van der Waals surface area contributed by atoms with Gasteiger partial charge in [0.05, 0.1) is 11.8 Å². The van der Waals surface area contributed by atoms with E-state index in [1.54, 1.807) is 0 Å². The third kappa shape index (κ3) is 3.61. The van der Waals surface area contributed by atoms with E-state index in [1.165, 1.54) is 18.4 Å². The van der Waals surface area contributed by atoms with E-state index in [9.17, 15) is 10.2 Å². The van der Waals surface area contributed by atoms with Crippen molar-refractivity contribution in [2.24, 2.45) is 34.5 Å². The van der Waals surface area contributed by atoms with Crippen LogP contribution in [0, 0.1) is 34.5 Å².